The summed E-state index contributed by atoms with van der Waals surface area (Å²) in [5.74, 6) is 0. The molecule has 9 heavy (non-hydrogen) atoms. The van der Waals surface area contributed by atoms with Gasteiger partial charge < -0.3 is 19.8 Å². The van der Waals surface area contributed by atoms with Crippen LogP contribution in [0.25, 0.3) is 0 Å². The van der Waals surface area contributed by atoms with Gasteiger partial charge in [0.15, 0.2) is 0 Å². The minimum Gasteiger partial charge on any atom is -0.520 e. The molecular formula is C2F2O4S. The van der Waals surface area contributed by atoms with Crippen molar-refractivity contribution < 1.29 is 28.6 Å². The summed E-state index contributed by atoms with van der Waals surface area (Å²) in [6.07, 6.45) is -5.17. The molecule has 0 saturated heterocycles. The Morgan fingerprint density at radius 1 is 1.00 bits per heavy atom. The molecule has 0 atom stereocenters. The molecule has 0 N–H and O–H groups in total. The van der Waals surface area contributed by atoms with Gasteiger partial charge in [-0.1, -0.05) is 0 Å². The molecule has 0 bridgehead atoms. The number of carbonyl (C=O) groups is 2. The second-order valence-electron chi connectivity index (χ2n) is 0.475. The van der Waals surface area contributed by atoms with Crippen molar-refractivity contribution in [2.45, 2.75) is 0 Å². The average Bonchev–Trinajstić information content (AvgIpc) is 1.25. The van der Waals surface area contributed by atoms with E-state index in [-0.39, 0.29) is 13.5 Å². The summed E-state index contributed by atoms with van der Waals surface area (Å²) in [4.78, 5) is 16.4. The van der Waals surface area contributed by atoms with Crippen LogP contribution in [-0.2, 0) is 13.5 Å². The Morgan fingerprint density at radius 3 is 1.00 bits per heavy atom. The molecule has 0 rings (SSSR count). The molecule has 4 nitrogen and oxygen atoms in total. The van der Waals surface area contributed by atoms with Gasteiger partial charge in [-0.05, 0) is 0 Å². The molecule has 0 saturated carbocycles. The van der Waals surface area contributed by atoms with E-state index in [0.717, 1.165) is 0 Å². The molecule has 0 aliphatic carbocycles. The van der Waals surface area contributed by atoms with Crippen molar-refractivity contribution in [2.24, 2.45) is 0 Å². The van der Waals surface area contributed by atoms with Gasteiger partial charge in [0.25, 0.3) is 0 Å². The number of hydrogen-bond acceptors (Lipinski definition) is 4. The van der Waals surface area contributed by atoms with E-state index < -0.39 is 12.4 Å². The van der Waals surface area contributed by atoms with Gasteiger partial charge in [0.05, 0.1) is 0 Å². The standard InChI is InChI=1S/2CHFO2.S/c2*2-1(3)4;/h2*(H,3,4);/q;;+2/p-2. The Kier molecular flexibility index (Phi) is 17.8. The van der Waals surface area contributed by atoms with Crippen LogP contribution in [0.1, 0.15) is 0 Å². The molecule has 4 radical (unpaired) electrons. The molecule has 0 aromatic heterocycles. The third kappa shape index (κ3) is 262. The lowest BCUT2D eigenvalue weighted by molar-refractivity contribution is -0.265. The summed E-state index contributed by atoms with van der Waals surface area (Å²) in [6.45, 7) is 0. The van der Waals surface area contributed by atoms with Gasteiger partial charge >= 0.3 is 13.5 Å². The van der Waals surface area contributed by atoms with Gasteiger partial charge in [0.2, 0.25) is 12.4 Å². The second kappa shape index (κ2) is 10.2. The summed E-state index contributed by atoms with van der Waals surface area (Å²) in [6, 6.07) is 0. The molecule has 0 amide bonds. The molecule has 0 aliphatic heterocycles. The van der Waals surface area contributed by atoms with E-state index in [9.17, 15) is 8.78 Å². The Labute approximate surface area is 55.5 Å². The van der Waals surface area contributed by atoms with Crippen molar-refractivity contribution in [1.29, 1.82) is 0 Å². The Morgan fingerprint density at radius 2 is 1.00 bits per heavy atom. The van der Waals surface area contributed by atoms with Crippen LogP contribution >= 0.6 is 0 Å². The summed E-state index contributed by atoms with van der Waals surface area (Å²) < 4.78 is 19.6. The maximum absolute atomic E-state index is 9.81. The van der Waals surface area contributed by atoms with Crippen molar-refractivity contribution in [2.75, 3.05) is 0 Å². The first-order chi connectivity index (χ1) is 3.46. The van der Waals surface area contributed by atoms with Gasteiger partial charge in [-0.15, -0.1) is 0 Å². The fraction of sp³-hybridized carbons (Fsp3) is 0. The van der Waals surface area contributed by atoms with E-state index in [0.29, 0.717) is 0 Å². The normalized spacial score (nSPS) is 5.56. The van der Waals surface area contributed by atoms with E-state index in [2.05, 4.69) is 0 Å². The molecule has 0 unspecified atom stereocenters. The average molecular weight is 158 g/mol. The van der Waals surface area contributed by atoms with E-state index in [1.807, 2.05) is 0 Å². The van der Waals surface area contributed by atoms with Crippen LogP contribution in [0.15, 0.2) is 0 Å². The van der Waals surface area contributed by atoms with Crippen LogP contribution in [0, 0.1) is 0 Å². The zero-order valence-electron chi connectivity index (χ0n) is 3.80. The molecule has 0 aromatic carbocycles. The summed E-state index contributed by atoms with van der Waals surface area (Å²) in [5.41, 5.74) is 0. The zero-order valence-corrected chi connectivity index (χ0v) is 4.61. The van der Waals surface area contributed by atoms with E-state index in [1.165, 1.54) is 0 Å². The monoisotopic (exact) mass is 158 g/mol. The predicted octanol–water partition coefficient (Wildman–Crippen LogP) is -1.40. The van der Waals surface area contributed by atoms with Crippen LogP contribution in [0.4, 0.5) is 18.4 Å². The van der Waals surface area contributed by atoms with Crippen molar-refractivity contribution in [3.63, 3.8) is 0 Å². The maximum atomic E-state index is 9.81. The van der Waals surface area contributed by atoms with Crippen molar-refractivity contribution in [3.8, 4) is 0 Å². The van der Waals surface area contributed by atoms with Gasteiger partial charge in [0.1, 0.15) is 0 Å². The lowest BCUT2D eigenvalue weighted by Crippen LogP contribution is -2.12. The first kappa shape index (κ1) is 15.7. The highest BCUT2D eigenvalue weighted by atomic mass is 32.1. The molecular weight excluding hydrogens is 158 g/mol. The van der Waals surface area contributed by atoms with Crippen LogP contribution in [0.2, 0.25) is 0 Å². The van der Waals surface area contributed by atoms with Crippen LogP contribution in [0.5, 0.6) is 0 Å². The number of rotatable bonds is 0. The Hall–Kier alpha value is -0.850. The Balaban J connectivity index is -0.0000000720. The van der Waals surface area contributed by atoms with E-state index in [4.69, 9.17) is 19.8 Å². The molecule has 0 spiro atoms. The van der Waals surface area contributed by atoms with Gasteiger partial charge in [-0.25, -0.2) is 0 Å². The highest BCUT2D eigenvalue weighted by Crippen LogP contribution is 1.50. The van der Waals surface area contributed by atoms with Gasteiger partial charge in [-0.2, -0.15) is 8.78 Å². The van der Waals surface area contributed by atoms with Crippen molar-refractivity contribution in [3.05, 3.63) is 0 Å². The van der Waals surface area contributed by atoms with E-state index in [1.54, 1.807) is 0 Å². The molecule has 0 aliphatic rings. The highest BCUT2D eigenvalue weighted by Gasteiger charge is 2.00. The quantitative estimate of drug-likeness (QED) is 0.406. The van der Waals surface area contributed by atoms with Crippen LogP contribution in [0.3, 0.4) is 0 Å². The fourth-order valence-electron chi connectivity index (χ4n) is 0. The number of hydrogen-bond donors (Lipinski definition) is 0. The summed E-state index contributed by atoms with van der Waals surface area (Å²) in [5, 5.41) is 16.4. The van der Waals surface area contributed by atoms with Crippen LogP contribution in [-0.4, -0.2) is 12.4 Å². The van der Waals surface area contributed by atoms with Gasteiger partial charge in [-0.3, -0.25) is 0 Å². The number of carboxylic acid groups (broad SMARTS) is 2. The fourth-order valence-corrected chi connectivity index (χ4v) is 0. The van der Waals surface area contributed by atoms with E-state index >= 15 is 0 Å². The van der Waals surface area contributed by atoms with Crippen molar-refractivity contribution in [1.82, 2.24) is 0 Å². The second-order valence-corrected chi connectivity index (χ2v) is 0.475. The number of halogens is 2. The third-order valence-electron chi connectivity index (χ3n) is 0. The number of carbonyl (C=O) groups excluding carboxylic acids is 2. The van der Waals surface area contributed by atoms with Gasteiger partial charge in [0, 0.05) is 0 Å². The third-order valence-corrected chi connectivity index (χ3v) is 0. The minimum atomic E-state index is -2.58. The summed E-state index contributed by atoms with van der Waals surface area (Å²) >= 11 is 0. The van der Waals surface area contributed by atoms with Crippen molar-refractivity contribution >= 4 is 25.9 Å². The topological polar surface area (TPSA) is 80.3 Å². The van der Waals surface area contributed by atoms with Crippen LogP contribution < -0.4 is 10.2 Å². The lowest BCUT2D eigenvalue weighted by atomic mass is 11.5. The molecule has 0 heterocycles. The lowest BCUT2D eigenvalue weighted by Gasteiger charge is -1.70. The first-order valence-electron chi connectivity index (χ1n) is 1.19. The highest BCUT2D eigenvalue weighted by molar-refractivity contribution is 7.37. The molecule has 52 valence electrons. The minimum absolute atomic E-state index is 0. The molecule has 7 heteroatoms. The zero-order chi connectivity index (χ0) is 7.15. The Bertz CT molecular complexity index is 74.6. The predicted molar refractivity (Wildman–Crippen MR) is 20.4 cm³/mol. The summed E-state index contributed by atoms with van der Waals surface area (Å²) in [7, 11) is 0. The SMILES string of the molecule is O=C([O-])F.O=C([O-])F.[S+2]. The molecule has 0 fully saturated rings. The first-order valence-corrected chi connectivity index (χ1v) is 1.19. The maximum Gasteiger partial charge on any atom is 2.00 e. The molecule has 0 aromatic rings. The largest absolute Gasteiger partial charge is 2.00 e. The smallest absolute Gasteiger partial charge is 0.520 e.